The SMILES string of the molecule is CCC(CCO)C(C)(C)C(C)=O. The van der Waals surface area contributed by atoms with Gasteiger partial charge in [-0.15, -0.1) is 0 Å². The van der Waals surface area contributed by atoms with Gasteiger partial charge in [0.1, 0.15) is 5.78 Å². The highest BCUT2D eigenvalue weighted by molar-refractivity contribution is 5.81. The molecule has 0 aromatic carbocycles. The van der Waals surface area contributed by atoms with Gasteiger partial charge in [-0.3, -0.25) is 4.79 Å². The van der Waals surface area contributed by atoms with Gasteiger partial charge in [0.05, 0.1) is 0 Å². The fourth-order valence-corrected chi connectivity index (χ4v) is 1.52. The number of aliphatic hydroxyl groups is 1. The quantitative estimate of drug-likeness (QED) is 0.688. The number of carbonyl (C=O) groups excluding carboxylic acids is 1. The maximum atomic E-state index is 11.3. The largest absolute Gasteiger partial charge is 0.396 e. The van der Waals surface area contributed by atoms with Crippen molar-refractivity contribution < 1.29 is 9.90 Å². The molecule has 72 valence electrons. The van der Waals surface area contributed by atoms with E-state index in [4.69, 9.17) is 5.11 Å². The maximum Gasteiger partial charge on any atom is 0.135 e. The van der Waals surface area contributed by atoms with Crippen molar-refractivity contribution in [2.75, 3.05) is 6.61 Å². The van der Waals surface area contributed by atoms with Crippen LogP contribution in [0.5, 0.6) is 0 Å². The first-order valence-corrected chi connectivity index (χ1v) is 4.58. The zero-order chi connectivity index (χ0) is 9.78. The zero-order valence-electron chi connectivity index (χ0n) is 8.55. The summed E-state index contributed by atoms with van der Waals surface area (Å²) in [5, 5.41) is 8.80. The number of hydrogen-bond donors (Lipinski definition) is 1. The summed E-state index contributed by atoms with van der Waals surface area (Å²) < 4.78 is 0. The van der Waals surface area contributed by atoms with E-state index in [-0.39, 0.29) is 17.8 Å². The van der Waals surface area contributed by atoms with Crippen LogP contribution in [0, 0.1) is 11.3 Å². The van der Waals surface area contributed by atoms with Crippen molar-refractivity contribution in [3.63, 3.8) is 0 Å². The second kappa shape index (κ2) is 4.61. The Morgan fingerprint density at radius 2 is 2.00 bits per heavy atom. The van der Waals surface area contributed by atoms with Crippen LogP contribution in [-0.2, 0) is 4.79 Å². The molecule has 0 fully saturated rings. The van der Waals surface area contributed by atoms with Crippen molar-refractivity contribution in [3.8, 4) is 0 Å². The summed E-state index contributed by atoms with van der Waals surface area (Å²) in [7, 11) is 0. The van der Waals surface area contributed by atoms with Gasteiger partial charge < -0.3 is 5.11 Å². The predicted molar refractivity (Wildman–Crippen MR) is 49.9 cm³/mol. The van der Waals surface area contributed by atoms with Gasteiger partial charge in [-0.2, -0.15) is 0 Å². The molecule has 0 amide bonds. The van der Waals surface area contributed by atoms with E-state index in [9.17, 15) is 4.79 Å². The normalized spacial score (nSPS) is 14.4. The van der Waals surface area contributed by atoms with Crippen molar-refractivity contribution in [2.24, 2.45) is 11.3 Å². The van der Waals surface area contributed by atoms with Crippen LogP contribution in [0.2, 0.25) is 0 Å². The standard InChI is InChI=1S/C10H20O2/c1-5-9(6-7-11)10(3,4)8(2)12/h9,11H,5-7H2,1-4H3. The molecule has 0 aliphatic rings. The van der Waals surface area contributed by atoms with E-state index in [2.05, 4.69) is 6.92 Å². The van der Waals surface area contributed by atoms with Crippen molar-refractivity contribution in [1.82, 2.24) is 0 Å². The molecule has 0 aromatic rings. The molecule has 0 aliphatic carbocycles. The second-order valence-corrected chi connectivity index (χ2v) is 3.90. The molecule has 2 nitrogen and oxygen atoms in total. The smallest absolute Gasteiger partial charge is 0.135 e. The molecule has 1 unspecified atom stereocenters. The minimum Gasteiger partial charge on any atom is -0.396 e. The van der Waals surface area contributed by atoms with Crippen LogP contribution in [0.15, 0.2) is 0 Å². The molecular formula is C10H20O2. The summed E-state index contributed by atoms with van der Waals surface area (Å²) >= 11 is 0. The third-order valence-corrected chi connectivity index (χ3v) is 2.90. The van der Waals surface area contributed by atoms with Gasteiger partial charge in [0.25, 0.3) is 0 Å². The molecule has 0 bridgehead atoms. The minimum atomic E-state index is -0.280. The van der Waals surface area contributed by atoms with E-state index >= 15 is 0 Å². The Morgan fingerprint density at radius 3 is 2.25 bits per heavy atom. The predicted octanol–water partition coefficient (Wildman–Crippen LogP) is 2.01. The minimum absolute atomic E-state index is 0.176. The molecule has 0 saturated heterocycles. The highest BCUT2D eigenvalue weighted by atomic mass is 16.3. The lowest BCUT2D eigenvalue weighted by atomic mass is 9.73. The average Bonchev–Trinajstić information content (AvgIpc) is 1.99. The number of rotatable bonds is 5. The summed E-state index contributed by atoms with van der Waals surface area (Å²) in [4.78, 5) is 11.3. The number of ketones is 1. The topological polar surface area (TPSA) is 37.3 Å². The van der Waals surface area contributed by atoms with Gasteiger partial charge in [-0.25, -0.2) is 0 Å². The summed E-state index contributed by atoms with van der Waals surface area (Å²) in [6, 6.07) is 0. The lowest BCUT2D eigenvalue weighted by Gasteiger charge is -2.30. The van der Waals surface area contributed by atoms with Crippen LogP contribution in [0.25, 0.3) is 0 Å². The molecule has 1 atom stereocenters. The number of aliphatic hydroxyl groups excluding tert-OH is 1. The number of hydrogen-bond acceptors (Lipinski definition) is 2. The van der Waals surface area contributed by atoms with E-state index in [1.54, 1.807) is 6.92 Å². The fraction of sp³-hybridized carbons (Fsp3) is 0.900. The van der Waals surface area contributed by atoms with Gasteiger partial charge >= 0.3 is 0 Å². The summed E-state index contributed by atoms with van der Waals surface area (Å²) in [6.07, 6.45) is 1.68. The maximum absolute atomic E-state index is 11.3. The van der Waals surface area contributed by atoms with Crippen LogP contribution >= 0.6 is 0 Å². The number of Topliss-reactive ketones (excluding diaryl/α,β-unsaturated/α-hetero) is 1. The van der Waals surface area contributed by atoms with Crippen LogP contribution in [-0.4, -0.2) is 17.5 Å². The highest BCUT2D eigenvalue weighted by Gasteiger charge is 2.31. The molecular weight excluding hydrogens is 152 g/mol. The van der Waals surface area contributed by atoms with Gasteiger partial charge in [-0.1, -0.05) is 27.2 Å². The molecule has 0 saturated carbocycles. The van der Waals surface area contributed by atoms with Gasteiger partial charge in [0.2, 0.25) is 0 Å². The third-order valence-electron chi connectivity index (χ3n) is 2.90. The Hall–Kier alpha value is -0.370. The third kappa shape index (κ3) is 2.59. The molecule has 0 heterocycles. The molecule has 1 N–H and O–H groups in total. The van der Waals surface area contributed by atoms with E-state index in [0.717, 1.165) is 12.8 Å². The molecule has 0 rings (SSSR count). The van der Waals surface area contributed by atoms with Crippen molar-refractivity contribution in [2.45, 2.75) is 40.5 Å². The fourth-order valence-electron chi connectivity index (χ4n) is 1.52. The summed E-state index contributed by atoms with van der Waals surface area (Å²) in [6.45, 7) is 7.78. The van der Waals surface area contributed by atoms with E-state index < -0.39 is 0 Å². The Labute approximate surface area is 75.0 Å². The molecule has 0 spiro atoms. The Balaban J connectivity index is 4.36. The molecule has 0 aliphatic heterocycles. The van der Waals surface area contributed by atoms with Crippen LogP contribution in [0.1, 0.15) is 40.5 Å². The van der Waals surface area contributed by atoms with E-state index in [0.29, 0.717) is 5.92 Å². The first-order chi connectivity index (χ1) is 5.46. The van der Waals surface area contributed by atoms with Gasteiger partial charge in [0.15, 0.2) is 0 Å². The average molecular weight is 172 g/mol. The Morgan fingerprint density at radius 1 is 1.50 bits per heavy atom. The summed E-state index contributed by atoms with van der Waals surface area (Å²) in [5.74, 6) is 0.516. The first kappa shape index (κ1) is 11.6. The van der Waals surface area contributed by atoms with Crippen LogP contribution in [0.3, 0.4) is 0 Å². The molecule has 0 aromatic heterocycles. The van der Waals surface area contributed by atoms with Crippen LogP contribution in [0.4, 0.5) is 0 Å². The van der Waals surface area contributed by atoms with Gasteiger partial charge in [0, 0.05) is 12.0 Å². The molecule has 2 heteroatoms. The van der Waals surface area contributed by atoms with Crippen molar-refractivity contribution in [1.29, 1.82) is 0 Å². The van der Waals surface area contributed by atoms with E-state index in [1.807, 2.05) is 13.8 Å². The first-order valence-electron chi connectivity index (χ1n) is 4.58. The lowest BCUT2D eigenvalue weighted by Crippen LogP contribution is -2.31. The summed E-state index contributed by atoms with van der Waals surface area (Å²) in [5.41, 5.74) is -0.280. The highest BCUT2D eigenvalue weighted by Crippen LogP contribution is 2.32. The second-order valence-electron chi connectivity index (χ2n) is 3.90. The van der Waals surface area contributed by atoms with Crippen LogP contribution < -0.4 is 0 Å². The Kier molecular flexibility index (Phi) is 4.46. The lowest BCUT2D eigenvalue weighted by molar-refractivity contribution is -0.128. The van der Waals surface area contributed by atoms with Gasteiger partial charge in [-0.05, 0) is 19.3 Å². The Bertz CT molecular complexity index is 150. The monoisotopic (exact) mass is 172 g/mol. The van der Waals surface area contributed by atoms with Crippen molar-refractivity contribution in [3.05, 3.63) is 0 Å². The number of carbonyl (C=O) groups is 1. The molecule has 0 radical (unpaired) electrons. The molecule has 12 heavy (non-hydrogen) atoms. The zero-order valence-corrected chi connectivity index (χ0v) is 8.55. The van der Waals surface area contributed by atoms with E-state index in [1.165, 1.54) is 0 Å². The van der Waals surface area contributed by atoms with Crippen molar-refractivity contribution >= 4 is 5.78 Å².